The van der Waals surface area contributed by atoms with Gasteiger partial charge in [0.15, 0.2) is 0 Å². The number of thioether (sulfide) groups is 1. The summed E-state index contributed by atoms with van der Waals surface area (Å²) >= 11 is 1.86. The fraction of sp³-hybridized carbons (Fsp3) is 0.636. The van der Waals surface area contributed by atoms with E-state index in [0.29, 0.717) is 6.04 Å². The van der Waals surface area contributed by atoms with Crippen molar-refractivity contribution in [1.29, 1.82) is 0 Å². The van der Waals surface area contributed by atoms with E-state index in [9.17, 15) is 0 Å². The smallest absolute Gasteiger partial charge is 0.133 e. The van der Waals surface area contributed by atoms with Gasteiger partial charge in [0.1, 0.15) is 12.1 Å². The van der Waals surface area contributed by atoms with E-state index in [0.717, 1.165) is 24.4 Å². The van der Waals surface area contributed by atoms with Gasteiger partial charge in [-0.25, -0.2) is 9.97 Å². The lowest BCUT2D eigenvalue weighted by molar-refractivity contribution is 0.886. The normalized spacial score (nSPS) is 16.1. The standard InChI is InChI=1S/C11H17N3S/c1-8(6-15-2)14-11-9-4-3-5-10(9)12-7-13-11/h7-8H,3-6H2,1-2H3,(H,12,13,14). The van der Waals surface area contributed by atoms with Crippen LogP contribution in [0.3, 0.4) is 0 Å². The first-order chi connectivity index (χ1) is 7.31. The van der Waals surface area contributed by atoms with Crippen LogP contribution in [0.4, 0.5) is 5.82 Å². The number of nitrogens with one attached hydrogen (secondary N) is 1. The topological polar surface area (TPSA) is 37.8 Å². The molecule has 1 unspecified atom stereocenters. The number of nitrogens with zero attached hydrogens (tertiary/aromatic N) is 2. The van der Waals surface area contributed by atoms with E-state index in [4.69, 9.17) is 0 Å². The van der Waals surface area contributed by atoms with Gasteiger partial charge in [0, 0.05) is 23.1 Å². The minimum absolute atomic E-state index is 0.472. The summed E-state index contributed by atoms with van der Waals surface area (Å²) in [6, 6.07) is 0.472. The van der Waals surface area contributed by atoms with Crippen LogP contribution < -0.4 is 5.32 Å². The van der Waals surface area contributed by atoms with E-state index in [1.54, 1.807) is 6.33 Å². The molecule has 0 amide bonds. The highest BCUT2D eigenvalue weighted by Crippen LogP contribution is 2.25. The molecular formula is C11H17N3S. The van der Waals surface area contributed by atoms with Crippen LogP contribution in [0.25, 0.3) is 0 Å². The molecule has 0 saturated carbocycles. The van der Waals surface area contributed by atoms with Crippen molar-refractivity contribution in [2.24, 2.45) is 0 Å². The lowest BCUT2D eigenvalue weighted by atomic mass is 10.2. The summed E-state index contributed by atoms with van der Waals surface area (Å²) < 4.78 is 0. The molecule has 0 aliphatic heterocycles. The molecule has 1 N–H and O–H groups in total. The largest absolute Gasteiger partial charge is 0.366 e. The molecule has 1 aromatic heterocycles. The van der Waals surface area contributed by atoms with E-state index in [1.807, 2.05) is 11.8 Å². The van der Waals surface area contributed by atoms with Gasteiger partial charge in [0.25, 0.3) is 0 Å². The summed E-state index contributed by atoms with van der Waals surface area (Å²) in [7, 11) is 0. The molecule has 3 nitrogen and oxygen atoms in total. The zero-order valence-electron chi connectivity index (χ0n) is 9.29. The van der Waals surface area contributed by atoms with E-state index >= 15 is 0 Å². The predicted octanol–water partition coefficient (Wildman–Crippen LogP) is 2.13. The van der Waals surface area contributed by atoms with E-state index < -0.39 is 0 Å². The molecule has 1 heterocycles. The molecule has 82 valence electrons. The van der Waals surface area contributed by atoms with Gasteiger partial charge < -0.3 is 5.32 Å². The number of anilines is 1. The summed E-state index contributed by atoms with van der Waals surface area (Å²) in [5, 5.41) is 3.47. The first-order valence-corrected chi connectivity index (χ1v) is 6.79. The maximum Gasteiger partial charge on any atom is 0.133 e. The molecule has 4 heteroatoms. The fourth-order valence-corrected chi connectivity index (χ4v) is 2.59. The summed E-state index contributed by atoms with van der Waals surface area (Å²) in [5.41, 5.74) is 2.58. The van der Waals surface area contributed by atoms with Gasteiger partial charge in [0.2, 0.25) is 0 Å². The monoisotopic (exact) mass is 223 g/mol. The molecule has 1 aliphatic rings. The molecule has 1 atom stereocenters. The maximum absolute atomic E-state index is 4.34. The summed E-state index contributed by atoms with van der Waals surface area (Å²) in [5.74, 6) is 2.16. The Morgan fingerprint density at radius 1 is 1.47 bits per heavy atom. The van der Waals surface area contributed by atoms with Crippen molar-refractivity contribution in [2.45, 2.75) is 32.2 Å². The van der Waals surface area contributed by atoms with E-state index in [-0.39, 0.29) is 0 Å². The average molecular weight is 223 g/mol. The number of hydrogen-bond acceptors (Lipinski definition) is 4. The van der Waals surface area contributed by atoms with Crippen molar-refractivity contribution in [1.82, 2.24) is 9.97 Å². The SMILES string of the molecule is CSCC(C)Nc1ncnc2c1CCC2. The molecular weight excluding hydrogens is 206 g/mol. The summed E-state index contributed by atoms with van der Waals surface area (Å²) in [6.45, 7) is 2.19. The molecule has 1 aliphatic carbocycles. The highest BCUT2D eigenvalue weighted by molar-refractivity contribution is 7.98. The second-order valence-corrected chi connectivity index (χ2v) is 4.91. The Balaban J connectivity index is 2.11. The highest BCUT2D eigenvalue weighted by Gasteiger charge is 2.17. The zero-order valence-corrected chi connectivity index (χ0v) is 10.1. The van der Waals surface area contributed by atoms with Crippen LogP contribution in [-0.2, 0) is 12.8 Å². The second kappa shape index (κ2) is 4.84. The van der Waals surface area contributed by atoms with Gasteiger partial charge >= 0.3 is 0 Å². The highest BCUT2D eigenvalue weighted by atomic mass is 32.2. The van der Waals surface area contributed by atoms with Crippen molar-refractivity contribution >= 4 is 17.6 Å². The van der Waals surface area contributed by atoms with Crippen LogP contribution in [-0.4, -0.2) is 28.0 Å². The quantitative estimate of drug-likeness (QED) is 0.848. The third kappa shape index (κ3) is 2.43. The second-order valence-electron chi connectivity index (χ2n) is 4.00. The number of fused-ring (bicyclic) bond motifs is 1. The minimum Gasteiger partial charge on any atom is -0.366 e. The fourth-order valence-electron chi connectivity index (χ4n) is 2.01. The van der Waals surface area contributed by atoms with Crippen LogP contribution in [0, 0.1) is 0 Å². The molecule has 0 fully saturated rings. The molecule has 0 aromatic carbocycles. The summed E-state index contributed by atoms with van der Waals surface area (Å²) in [6.07, 6.45) is 7.27. The molecule has 1 aromatic rings. The number of rotatable bonds is 4. The number of hydrogen-bond donors (Lipinski definition) is 1. The van der Waals surface area contributed by atoms with Gasteiger partial charge in [-0.2, -0.15) is 11.8 Å². The van der Waals surface area contributed by atoms with Crippen molar-refractivity contribution in [3.05, 3.63) is 17.6 Å². The predicted molar refractivity (Wildman–Crippen MR) is 65.5 cm³/mol. The lowest BCUT2D eigenvalue weighted by Crippen LogP contribution is -2.19. The summed E-state index contributed by atoms with van der Waals surface area (Å²) in [4.78, 5) is 8.66. The van der Waals surface area contributed by atoms with Crippen molar-refractivity contribution < 1.29 is 0 Å². The molecule has 0 spiro atoms. The Bertz CT molecular complexity index is 341. The Kier molecular flexibility index (Phi) is 3.46. The molecule has 2 rings (SSSR count). The van der Waals surface area contributed by atoms with Crippen molar-refractivity contribution in [3.8, 4) is 0 Å². The zero-order chi connectivity index (χ0) is 10.7. The van der Waals surface area contributed by atoms with Crippen LogP contribution in [0.1, 0.15) is 24.6 Å². The van der Waals surface area contributed by atoms with Gasteiger partial charge in [-0.05, 0) is 32.4 Å². The first-order valence-electron chi connectivity index (χ1n) is 5.39. The van der Waals surface area contributed by atoms with Crippen LogP contribution in [0.15, 0.2) is 6.33 Å². The Labute approximate surface area is 95.1 Å². The number of aryl methyl sites for hydroxylation is 1. The molecule has 0 bridgehead atoms. The number of aromatic nitrogens is 2. The van der Waals surface area contributed by atoms with Crippen LogP contribution in [0.2, 0.25) is 0 Å². The third-order valence-electron chi connectivity index (χ3n) is 2.67. The molecule has 0 radical (unpaired) electrons. The Morgan fingerprint density at radius 3 is 3.13 bits per heavy atom. The third-order valence-corrected chi connectivity index (χ3v) is 3.51. The van der Waals surface area contributed by atoms with E-state index in [1.165, 1.54) is 17.7 Å². The van der Waals surface area contributed by atoms with Gasteiger partial charge in [0.05, 0.1) is 0 Å². The van der Waals surface area contributed by atoms with Gasteiger partial charge in [-0.1, -0.05) is 0 Å². The molecule has 0 saturated heterocycles. The van der Waals surface area contributed by atoms with E-state index in [2.05, 4.69) is 28.5 Å². The molecule has 15 heavy (non-hydrogen) atoms. The first kappa shape index (κ1) is 10.7. The van der Waals surface area contributed by atoms with Crippen molar-refractivity contribution in [3.63, 3.8) is 0 Å². The Morgan fingerprint density at radius 2 is 2.33 bits per heavy atom. The Hall–Kier alpha value is -0.770. The van der Waals surface area contributed by atoms with Crippen LogP contribution >= 0.6 is 11.8 Å². The van der Waals surface area contributed by atoms with Gasteiger partial charge in [-0.15, -0.1) is 0 Å². The maximum atomic E-state index is 4.34. The van der Waals surface area contributed by atoms with Crippen molar-refractivity contribution in [2.75, 3.05) is 17.3 Å². The van der Waals surface area contributed by atoms with Gasteiger partial charge in [-0.3, -0.25) is 0 Å². The lowest BCUT2D eigenvalue weighted by Gasteiger charge is -2.15. The minimum atomic E-state index is 0.472. The van der Waals surface area contributed by atoms with Crippen LogP contribution in [0.5, 0.6) is 0 Å². The average Bonchev–Trinajstić information content (AvgIpc) is 2.67.